The fourth-order valence-electron chi connectivity index (χ4n) is 1.38. The van der Waals surface area contributed by atoms with Gasteiger partial charge in [-0.15, -0.1) is 0 Å². The summed E-state index contributed by atoms with van der Waals surface area (Å²) < 4.78 is 0. The van der Waals surface area contributed by atoms with E-state index in [1.165, 1.54) is 0 Å². The van der Waals surface area contributed by atoms with E-state index in [0.29, 0.717) is 18.8 Å². The fraction of sp³-hybridized carbons (Fsp3) is 0.462. The number of hydrogen-bond acceptors (Lipinski definition) is 2. The molecule has 2 nitrogen and oxygen atoms in total. The third kappa shape index (κ3) is 4.63. The molecule has 1 aromatic carbocycles. The molecule has 1 rings (SSSR count). The Kier molecular flexibility index (Phi) is 4.35. The van der Waals surface area contributed by atoms with E-state index < -0.39 is 0 Å². The van der Waals surface area contributed by atoms with Crippen molar-refractivity contribution in [3.05, 3.63) is 29.8 Å². The Labute approximate surface area is 90.9 Å². The van der Waals surface area contributed by atoms with Gasteiger partial charge in [0.1, 0.15) is 11.5 Å². The molecule has 0 aliphatic carbocycles. The molecule has 0 bridgehead atoms. The van der Waals surface area contributed by atoms with Crippen molar-refractivity contribution in [2.24, 2.45) is 5.92 Å². The molecule has 0 atom stereocenters. The number of Topliss-reactive ketones (excluding diaryl/α,β-unsaturated/α-hetero) is 1. The predicted molar refractivity (Wildman–Crippen MR) is 60.9 cm³/mol. The maximum atomic E-state index is 11.5. The second-order valence-corrected chi connectivity index (χ2v) is 4.31. The lowest BCUT2D eigenvalue weighted by Crippen LogP contribution is -2.04. The maximum absolute atomic E-state index is 11.5. The summed E-state index contributed by atoms with van der Waals surface area (Å²) in [5.74, 6) is 1.09. The van der Waals surface area contributed by atoms with Gasteiger partial charge in [0.2, 0.25) is 0 Å². The van der Waals surface area contributed by atoms with Gasteiger partial charge < -0.3 is 5.11 Å². The number of rotatable bonds is 5. The molecule has 0 aliphatic heterocycles. The molecular formula is C13H18O2. The van der Waals surface area contributed by atoms with Crippen molar-refractivity contribution >= 4 is 5.78 Å². The van der Waals surface area contributed by atoms with Gasteiger partial charge in [0.15, 0.2) is 0 Å². The second kappa shape index (κ2) is 5.54. The molecule has 1 aromatic rings. The Bertz CT molecular complexity index is 312. The smallest absolute Gasteiger partial charge is 0.137 e. The summed E-state index contributed by atoms with van der Waals surface area (Å²) in [5, 5.41) is 9.08. The lowest BCUT2D eigenvalue weighted by molar-refractivity contribution is -0.118. The van der Waals surface area contributed by atoms with Crippen LogP contribution in [0.1, 0.15) is 32.3 Å². The van der Waals surface area contributed by atoms with Crippen molar-refractivity contribution in [2.45, 2.75) is 33.1 Å². The van der Waals surface area contributed by atoms with Crippen molar-refractivity contribution < 1.29 is 9.90 Å². The van der Waals surface area contributed by atoms with Crippen molar-refractivity contribution in [3.63, 3.8) is 0 Å². The van der Waals surface area contributed by atoms with Crippen LogP contribution < -0.4 is 0 Å². The quantitative estimate of drug-likeness (QED) is 0.804. The molecule has 15 heavy (non-hydrogen) atoms. The zero-order chi connectivity index (χ0) is 11.3. The third-order valence-electron chi connectivity index (χ3n) is 2.34. The van der Waals surface area contributed by atoms with Gasteiger partial charge in [-0.1, -0.05) is 26.0 Å². The van der Waals surface area contributed by atoms with E-state index in [1.807, 2.05) is 0 Å². The molecule has 0 fully saturated rings. The molecule has 0 unspecified atom stereocenters. The minimum absolute atomic E-state index is 0.244. The molecule has 0 saturated heterocycles. The van der Waals surface area contributed by atoms with Crippen LogP contribution in [0, 0.1) is 5.92 Å². The SMILES string of the molecule is CC(C)CCC(=O)Cc1ccc(O)cc1. The highest BCUT2D eigenvalue weighted by atomic mass is 16.3. The molecule has 2 heteroatoms. The molecule has 1 N–H and O–H groups in total. The first-order valence-corrected chi connectivity index (χ1v) is 5.37. The second-order valence-electron chi connectivity index (χ2n) is 4.31. The number of phenolic OH excluding ortho intramolecular Hbond substituents is 1. The molecule has 0 aliphatic rings. The molecule has 0 saturated carbocycles. The van der Waals surface area contributed by atoms with Crippen molar-refractivity contribution in [3.8, 4) is 5.75 Å². The first kappa shape index (κ1) is 11.8. The lowest BCUT2D eigenvalue weighted by atomic mass is 10.0. The average Bonchev–Trinajstić information content (AvgIpc) is 2.19. The summed E-state index contributed by atoms with van der Waals surface area (Å²) in [6.45, 7) is 4.24. The fourth-order valence-corrected chi connectivity index (χ4v) is 1.38. The normalized spacial score (nSPS) is 10.6. The van der Waals surface area contributed by atoms with Gasteiger partial charge in [-0.25, -0.2) is 0 Å². The first-order valence-electron chi connectivity index (χ1n) is 5.37. The van der Waals surface area contributed by atoms with Crippen molar-refractivity contribution in [1.29, 1.82) is 0 Å². The van der Waals surface area contributed by atoms with E-state index in [9.17, 15) is 4.79 Å². The van der Waals surface area contributed by atoms with Crippen molar-refractivity contribution in [1.82, 2.24) is 0 Å². The highest BCUT2D eigenvalue weighted by Crippen LogP contribution is 2.12. The van der Waals surface area contributed by atoms with E-state index in [1.54, 1.807) is 24.3 Å². The molecular weight excluding hydrogens is 188 g/mol. The van der Waals surface area contributed by atoms with Crippen LogP contribution in [0.25, 0.3) is 0 Å². The van der Waals surface area contributed by atoms with E-state index in [4.69, 9.17) is 5.11 Å². The summed E-state index contributed by atoms with van der Waals surface area (Å²) in [6.07, 6.45) is 2.09. The van der Waals surface area contributed by atoms with Gasteiger partial charge in [-0.3, -0.25) is 4.79 Å². The molecule has 0 spiro atoms. The van der Waals surface area contributed by atoms with Crippen LogP contribution in [0.3, 0.4) is 0 Å². The summed E-state index contributed by atoms with van der Waals surface area (Å²) >= 11 is 0. The van der Waals surface area contributed by atoms with Gasteiger partial charge >= 0.3 is 0 Å². The predicted octanol–water partition coefficient (Wildman–Crippen LogP) is 2.94. The van der Waals surface area contributed by atoms with Gasteiger partial charge in [-0.2, -0.15) is 0 Å². The van der Waals surface area contributed by atoms with Crippen LogP contribution in [0.2, 0.25) is 0 Å². The highest BCUT2D eigenvalue weighted by molar-refractivity contribution is 5.80. The number of ketones is 1. The van der Waals surface area contributed by atoms with E-state index >= 15 is 0 Å². The summed E-state index contributed by atoms with van der Waals surface area (Å²) in [7, 11) is 0. The van der Waals surface area contributed by atoms with Gasteiger partial charge in [0.05, 0.1) is 0 Å². The first-order chi connectivity index (χ1) is 7.08. The lowest BCUT2D eigenvalue weighted by Gasteiger charge is -2.04. The molecule has 0 amide bonds. The van der Waals surface area contributed by atoms with E-state index in [-0.39, 0.29) is 11.5 Å². The number of aromatic hydroxyl groups is 1. The molecule has 0 radical (unpaired) electrons. The van der Waals surface area contributed by atoms with Crippen LogP contribution in [-0.4, -0.2) is 10.9 Å². The maximum Gasteiger partial charge on any atom is 0.137 e. The average molecular weight is 206 g/mol. The number of phenols is 1. The zero-order valence-corrected chi connectivity index (χ0v) is 9.36. The Hall–Kier alpha value is -1.31. The van der Waals surface area contributed by atoms with E-state index in [0.717, 1.165) is 12.0 Å². The Balaban J connectivity index is 2.41. The topological polar surface area (TPSA) is 37.3 Å². The monoisotopic (exact) mass is 206 g/mol. The number of hydrogen-bond donors (Lipinski definition) is 1. The Morgan fingerprint density at radius 3 is 2.40 bits per heavy atom. The number of carbonyl (C=O) groups excluding carboxylic acids is 1. The molecule has 82 valence electrons. The summed E-state index contributed by atoms with van der Waals surface area (Å²) in [5.41, 5.74) is 0.974. The highest BCUT2D eigenvalue weighted by Gasteiger charge is 2.05. The van der Waals surface area contributed by atoms with Crippen molar-refractivity contribution in [2.75, 3.05) is 0 Å². The number of carbonyl (C=O) groups is 1. The van der Waals surface area contributed by atoms with Gasteiger partial charge in [0.25, 0.3) is 0 Å². The van der Waals surface area contributed by atoms with Crippen LogP contribution in [0.15, 0.2) is 24.3 Å². The standard InChI is InChI=1S/C13H18O2/c1-10(2)3-6-13(15)9-11-4-7-12(14)8-5-11/h4-5,7-8,10,14H,3,6,9H2,1-2H3. The molecule has 0 heterocycles. The largest absolute Gasteiger partial charge is 0.508 e. The minimum atomic E-state index is 0.244. The molecule has 0 aromatic heterocycles. The zero-order valence-electron chi connectivity index (χ0n) is 9.36. The van der Waals surface area contributed by atoms with Gasteiger partial charge in [-0.05, 0) is 30.0 Å². The summed E-state index contributed by atoms with van der Waals surface area (Å²) in [6, 6.07) is 6.82. The third-order valence-corrected chi connectivity index (χ3v) is 2.34. The van der Waals surface area contributed by atoms with Gasteiger partial charge in [0, 0.05) is 12.8 Å². The van der Waals surface area contributed by atoms with E-state index in [2.05, 4.69) is 13.8 Å². The van der Waals surface area contributed by atoms with Crippen LogP contribution in [-0.2, 0) is 11.2 Å². The minimum Gasteiger partial charge on any atom is -0.508 e. The van der Waals surface area contributed by atoms with Crippen LogP contribution in [0.5, 0.6) is 5.75 Å². The Morgan fingerprint density at radius 1 is 1.27 bits per heavy atom. The Morgan fingerprint density at radius 2 is 1.87 bits per heavy atom. The number of benzene rings is 1. The van der Waals surface area contributed by atoms with Crippen LogP contribution in [0.4, 0.5) is 0 Å². The summed E-state index contributed by atoms with van der Waals surface area (Å²) in [4.78, 5) is 11.5. The van der Waals surface area contributed by atoms with Crippen LogP contribution >= 0.6 is 0 Å².